The molecule has 0 unspecified atom stereocenters. The summed E-state index contributed by atoms with van der Waals surface area (Å²) in [7, 11) is 2.11. The fraction of sp³-hybridized carbons (Fsp3) is 0.417. The summed E-state index contributed by atoms with van der Waals surface area (Å²) < 4.78 is 47.0. The van der Waals surface area contributed by atoms with Gasteiger partial charge in [0.05, 0.1) is 48.7 Å². The Hall–Kier alpha value is -2.91. The highest BCUT2D eigenvalue weighted by atomic mass is 19.3. The number of hydrogen-bond acceptors (Lipinski definition) is 6. The molecule has 2 aliphatic heterocycles. The number of aromatic nitrogens is 2. The van der Waals surface area contributed by atoms with Crippen molar-refractivity contribution in [3.63, 3.8) is 0 Å². The Morgan fingerprint density at radius 1 is 1.12 bits per heavy atom. The minimum atomic E-state index is -2.86. The zero-order valence-electron chi connectivity index (χ0n) is 18.6. The van der Waals surface area contributed by atoms with Crippen molar-refractivity contribution in [1.82, 2.24) is 15.1 Å². The predicted octanol–water partition coefficient (Wildman–Crippen LogP) is 4.40. The Bertz CT molecular complexity index is 1170. The SMILES string of the molecule is C[C@@H](Nc1cnnc2ccc(N3CC4(CN(C)CCO4)C3)cc12)c1cccc(C(F)F)c1F. The topological polar surface area (TPSA) is 53.5 Å². The molecule has 6 nitrogen and oxygen atoms in total. The maximum atomic E-state index is 14.6. The van der Waals surface area contributed by atoms with E-state index in [0.717, 1.165) is 49.9 Å². The van der Waals surface area contributed by atoms with Crippen LogP contribution in [0.2, 0.25) is 0 Å². The number of alkyl halides is 2. The van der Waals surface area contributed by atoms with Crippen molar-refractivity contribution in [1.29, 1.82) is 0 Å². The molecule has 0 radical (unpaired) electrons. The van der Waals surface area contributed by atoms with Crippen LogP contribution in [-0.2, 0) is 4.74 Å². The summed E-state index contributed by atoms with van der Waals surface area (Å²) in [6.45, 7) is 5.96. The molecule has 1 spiro atoms. The summed E-state index contributed by atoms with van der Waals surface area (Å²) in [5.74, 6) is -0.886. The molecule has 2 saturated heterocycles. The van der Waals surface area contributed by atoms with E-state index in [1.165, 1.54) is 12.1 Å². The van der Waals surface area contributed by atoms with Crippen LogP contribution < -0.4 is 10.2 Å². The molecule has 2 aliphatic rings. The number of morpholine rings is 1. The number of likely N-dealkylation sites (N-methyl/N-ethyl adjacent to an activating group) is 1. The molecule has 0 saturated carbocycles. The summed E-state index contributed by atoms with van der Waals surface area (Å²) >= 11 is 0. The molecule has 2 fully saturated rings. The van der Waals surface area contributed by atoms with Crippen LogP contribution in [-0.4, -0.2) is 60.5 Å². The van der Waals surface area contributed by atoms with Crippen LogP contribution >= 0.6 is 0 Å². The fourth-order valence-electron chi connectivity index (χ4n) is 4.80. The molecule has 1 aromatic heterocycles. The lowest BCUT2D eigenvalue weighted by Gasteiger charge is -2.54. The average Bonchev–Trinajstić information content (AvgIpc) is 2.77. The largest absolute Gasteiger partial charge is 0.377 e. The first-order chi connectivity index (χ1) is 15.8. The van der Waals surface area contributed by atoms with Crippen molar-refractivity contribution in [3.8, 4) is 0 Å². The van der Waals surface area contributed by atoms with E-state index in [2.05, 4.69) is 32.4 Å². The quantitative estimate of drug-likeness (QED) is 0.613. The Kier molecular flexibility index (Phi) is 5.62. The lowest BCUT2D eigenvalue weighted by Crippen LogP contribution is -2.70. The minimum Gasteiger partial charge on any atom is -0.377 e. The first kappa shape index (κ1) is 21.9. The van der Waals surface area contributed by atoms with Gasteiger partial charge in [0.2, 0.25) is 0 Å². The fourth-order valence-corrected chi connectivity index (χ4v) is 4.80. The zero-order chi connectivity index (χ0) is 23.2. The molecule has 33 heavy (non-hydrogen) atoms. The predicted molar refractivity (Wildman–Crippen MR) is 121 cm³/mol. The van der Waals surface area contributed by atoms with Gasteiger partial charge in [-0.05, 0) is 32.2 Å². The van der Waals surface area contributed by atoms with E-state index in [4.69, 9.17) is 4.74 Å². The number of nitrogens with zero attached hydrogens (tertiary/aromatic N) is 4. The number of rotatable bonds is 5. The highest BCUT2D eigenvalue weighted by molar-refractivity contribution is 5.93. The van der Waals surface area contributed by atoms with E-state index < -0.39 is 23.8 Å². The number of fused-ring (bicyclic) bond motifs is 1. The lowest BCUT2D eigenvalue weighted by molar-refractivity contribution is -0.117. The van der Waals surface area contributed by atoms with E-state index in [0.29, 0.717) is 11.2 Å². The van der Waals surface area contributed by atoms with E-state index >= 15 is 0 Å². The van der Waals surface area contributed by atoms with E-state index in [-0.39, 0.29) is 11.2 Å². The monoisotopic (exact) mass is 457 g/mol. The second kappa shape index (κ2) is 8.46. The molecule has 0 aliphatic carbocycles. The van der Waals surface area contributed by atoms with E-state index in [9.17, 15) is 13.2 Å². The van der Waals surface area contributed by atoms with Gasteiger partial charge in [-0.2, -0.15) is 10.2 Å². The van der Waals surface area contributed by atoms with Gasteiger partial charge in [-0.1, -0.05) is 18.2 Å². The smallest absolute Gasteiger partial charge is 0.266 e. The molecular weight excluding hydrogens is 431 g/mol. The highest BCUT2D eigenvalue weighted by Gasteiger charge is 2.46. The molecule has 3 aromatic rings. The van der Waals surface area contributed by atoms with Crippen LogP contribution in [0.4, 0.5) is 24.5 Å². The molecule has 5 rings (SSSR count). The second-order valence-corrected chi connectivity index (χ2v) is 9.00. The third kappa shape index (κ3) is 4.11. The minimum absolute atomic E-state index is 0.124. The van der Waals surface area contributed by atoms with Gasteiger partial charge in [-0.15, -0.1) is 0 Å². The summed E-state index contributed by atoms with van der Waals surface area (Å²) in [6, 6.07) is 9.48. The van der Waals surface area contributed by atoms with Crippen LogP contribution in [0.1, 0.15) is 30.5 Å². The third-order valence-corrected chi connectivity index (χ3v) is 6.52. The normalized spacial score (nSPS) is 19.2. The summed E-state index contributed by atoms with van der Waals surface area (Å²) in [6.07, 6.45) is -1.29. The maximum Gasteiger partial charge on any atom is 0.266 e. The number of hydrogen-bond donors (Lipinski definition) is 1. The Labute approximate surface area is 190 Å². The standard InChI is InChI=1S/C24H26F3N5O/c1-15(17-4-3-5-18(22(17)25)23(26)27)29-21-11-28-30-20-7-6-16(10-19(20)21)32-13-24(14-32)12-31(2)8-9-33-24/h3-7,10-11,15,23H,8-9,12-14H2,1-2H3,(H,29,30)/t15-/m1/s1. The van der Waals surface area contributed by atoms with Gasteiger partial charge in [-0.3, -0.25) is 0 Å². The Morgan fingerprint density at radius 2 is 1.91 bits per heavy atom. The number of anilines is 2. The van der Waals surface area contributed by atoms with Gasteiger partial charge < -0.3 is 19.9 Å². The van der Waals surface area contributed by atoms with Gasteiger partial charge in [0.15, 0.2) is 0 Å². The molecule has 0 bridgehead atoms. The molecule has 9 heteroatoms. The van der Waals surface area contributed by atoms with Crippen molar-refractivity contribution in [3.05, 3.63) is 59.5 Å². The van der Waals surface area contributed by atoms with Gasteiger partial charge in [-0.25, -0.2) is 13.2 Å². The highest BCUT2D eigenvalue weighted by Crippen LogP contribution is 2.36. The summed E-state index contributed by atoms with van der Waals surface area (Å²) in [5, 5.41) is 12.3. The van der Waals surface area contributed by atoms with E-state index in [1.807, 2.05) is 18.2 Å². The zero-order valence-corrected chi connectivity index (χ0v) is 18.6. The maximum absolute atomic E-state index is 14.6. The average molecular weight is 458 g/mol. The molecule has 174 valence electrons. The first-order valence-electron chi connectivity index (χ1n) is 11.0. The van der Waals surface area contributed by atoms with Crippen molar-refractivity contribution < 1.29 is 17.9 Å². The van der Waals surface area contributed by atoms with Gasteiger partial charge in [0.1, 0.15) is 11.4 Å². The molecule has 0 amide bonds. The Morgan fingerprint density at radius 3 is 2.67 bits per heavy atom. The van der Waals surface area contributed by atoms with Crippen molar-refractivity contribution in [2.45, 2.75) is 25.0 Å². The number of ether oxygens (including phenoxy) is 1. The van der Waals surface area contributed by atoms with Crippen molar-refractivity contribution >= 4 is 22.3 Å². The van der Waals surface area contributed by atoms with Crippen molar-refractivity contribution in [2.75, 3.05) is 50.1 Å². The lowest BCUT2D eigenvalue weighted by atomic mass is 9.91. The summed E-state index contributed by atoms with van der Waals surface area (Å²) in [5.41, 5.74) is 1.86. The van der Waals surface area contributed by atoms with Gasteiger partial charge in [0, 0.05) is 29.7 Å². The van der Waals surface area contributed by atoms with Crippen LogP contribution in [0.15, 0.2) is 42.6 Å². The molecular formula is C24H26F3N5O. The number of benzene rings is 2. The number of nitrogens with one attached hydrogen (secondary N) is 1. The second-order valence-electron chi connectivity index (χ2n) is 9.00. The first-order valence-corrected chi connectivity index (χ1v) is 11.0. The van der Waals surface area contributed by atoms with Crippen LogP contribution in [0.3, 0.4) is 0 Å². The van der Waals surface area contributed by atoms with Crippen LogP contribution in [0, 0.1) is 5.82 Å². The molecule has 1 N–H and O–H groups in total. The van der Waals surface area contributed by atoms with Crippen LogP contribution in [0.25, 0.3) is 10.9 Å². The Balaban J connectivity index is 1.39. The third-order valence-electron chi connectivity index (χ3n) is 6.52. The van der Waals surface area contributed by atoms with Crippen molar-refractivity contribution in [2.24, 2.45) is 0 Å². The van der Waals surface area contributed by atoms with Gasteiger partial charge >= 0.3 is 0 Å². The molecule has 1 atom stereocenters. The molecule has 2 aromatic carbocycles. The molecule has 3 heterocycles. The van der Waals surface area contributed by atoms with Gasteiger partial charge in [0.25, 0.3) is 6.43 Å². The summed E-state index contributed by atoms with van der Waals surface area (Å²) in [4.78, 5) is 4.56. The number of halogens is 3. The van der Waals surface area contributed by atoms with Crippen LogP contribution in [0.5, 0.6) is 0 Å². The van der Waals surface area contributed by atoms with E-state index in [1.54, 1.807) is 13.1 Å².